The number of amides is 1. The quantitative estimate of drug-likeness (QED) is 0.727. The number of likely N-dealkylation sites (tertiary alicyclic amines) is 1. The molecule has 6 heteroatoms. The van der Waals surface area contributed by atoms with Gasteiger partial charge in [-0.1, -0.05) is 52.7 Å². The van der Waals surface area contributed by atoms with E-state index in [9.17, 15) is 4.79 Å². The number of aromatic nitrogens is 3. The van der Waals surface area contributed by atoms with Crippen molar-refractivity contribution >= 4 is 5.91 Å². The van der Waals surface area contributed by atoms with Gasteiger partial charge in [-0.3, -0.25) is 9.69 Å². The fraction of sp³-hybridized carbons (Fsp3) is 0.348. The van der Waals surface area contributed by atoms with Crippen LogP contribution in [-0.2, 0) is 6.54 Å². The molecule has 1 saturated heterocycles. The van der Waals surface area contributed by atoms with Gasteiger partial charge in [0.15, 0.2) is 5.69 Å². The average Bonchev–Trinajstić information content (AvgIpc) is 3.20. The molecule has 0 bridgehead atoms. The van der Waals surface area contributed by atoms with Gasteiger partial charge >= 0.3 is 0 Å². The Morgan fingerprint density at radius 1 is 1.07 bits per heavy atom. The summed E-state index contributed by atoms with van der Waals surface area (Å²) < 4.78 is 1.64. The summed E-state index contributed by atoms with van der Waals surface area (Å²) in [5.41, 5.74) is 5.07. The minimum absolute atomic E-state index is 0.152. The number of rotatable bonds is 5. The molecule has 1 aromatic heterocycles. The molecule has 0 spiro atoms. The van der Waals surface area contributed by atoms with Crippen LogP contribution < -0.4 is 5.32 Å². The van der Waals surface area contributed by atoms with Gasteiger partial charge in [-0.05, 0) is 44.4 Å². The summed E-state index contributed by atoms with van der Waals surface area (Å²) in [6, 6.07) is 16.8. The molecule has 0 radical (unpaired) electrons. The molecule has 1 N–H and O–H groups in total. The van der Waals surface area contributed by atoms with Gasteiger partial charge in [0.05, 0.1) is 11.9 Å². The highest BCUT2D eigenvalue weighted by atomic mass is 16.2. The van der Waals surface area contributed by atoms with E-state index in [1.54, 1.807) is 10.9 Å². The van der Waals surface area contributed by atoms with Crippen LogP contribution in [0, 0.1) is 13.8 Å². The van der Waals surface area contributed by atoms with Gasteiger partial charge in [0.1, 0.15) is 0 Å². The third-order valence-corrected chi connectivity index (χ3v) is 5.44. The highest BCUT2D eigenvalue weighted by molar-refractivity contribution is 5.92. The van der Waals surface area contributed by atoms with Crippen LogP contribution in [0.3, 0.4) is 0 Å². The molecule has 0 atom stereocenters. The van der Waals surface area contributed by atoms with Crippen LogP contribution in [0.1, 0.15) is 40.0 Å². The first-order valence-electron chi connectivity index (χ1n) is 10.1. The fourth-order valence-corrected chi connectivity index (χ4v) is 3.75. The number of aryl methyl sites for hydroxylation is 2. The fourth-order valence-electron chi connectivity index (χ4n) is 3.75. The van der Waals surface area contributed by atoms with Crippen molar-refractivity contribution in [1.82, 2.24) is 25.2 Å². The van der Waals surface area contributed by atoms with E-state index in [-0.39, 0.29) is 11.9 Å². The second-order valence-electron chi connectivity index (χ2n) is 7.90. The second kappa shape index (κ2) is 8.57. The molecule has 1 amide bonds. The van der Waals surface area contributed by atoms with E-state index in [0.717, 1.165) is 38.2 Å². The largest absolute Gasteiger partial charge is 0.348 e. The summed E-state index contributed by atoms with van der Waals surface area (Å²) in [5, 5.41) is 11.3. The summed E-state index contributed by atoms with van der Waals surface area (Å²) in [6.07, 6.45) is 3.58. The average molecular weight is 390 g/mol. The Labute approximate surface area is 171 Å². The van der Waals surface area contributed by atoms with Crippen molar-refractivity contribution < 1.29 is 4.79 Å². The number of nitrogens with zero attached hydrogens (tertiary/aromatic N) is 4. The topological polar surface area (TPSA) is 63.1 Å². The number of hydrogen-bond donors (Lipinski definition) is 1. The van der Waals surface area contributed by atoms with Crippen molar-refractivity contribution in [3.63, 3.8) is 0 Å². The molecule has 150 valence electrons. The van der Waals surface area contributed by atoms with Gasteiger partial charge in [0, 0.05) is 25.7 Å². The molecule has 1 fully saturated rings. The predicted octanol–water partition coefficient (Wildman–Crippen LogP) is 3.28. The van der Waals surface area contributed by atoms with Gasteiger partial charge in [-0.15, -0.1) is 5.10 Å². The first-order valence-corrected chi connectivity index (χ1v) is 10.1. The molecule has 29 heavy (non-hydrogen) atoms. The molecule has 6 nitrogen and oxygen atoms in total. The molecule has 0 unspecified atom stereocenters. The second-order valence-corrected chi connectivity index (χ2v) is 7.90. The Morgan fingerprint density at radius 3 is 2.55 bits per heavy atom. The van der Waals surface area contributed by atoms with Gasteiger partial charge in [-0.25, -0.2) is 4.68 Å². The number of carbonyl (C=O) groups is 1. The highest BCUT2D eigenvalue weighted by Gasteiger charge is 2.22. The van der Waals surface area contributed by atoms with E-state index in [4.69, 9.17) is 0 Å². The number of nitrogens with one attached hydrogen (secondary N) is 1. The van der Waals surface area contributed by atoms with Crippen molar-refractivity contribution in [3.05, 3.63) is 77.1 Å². The molecular formula is C23H27N5O. The summed E-state index contributed by atoms with van der Waals surface area (Å²) in [6.45, 7) is 7.09. The van der Waals surface area contributed by atoms with Gasteiger partial charge in [-0.2, -0.15) is 0 Å². The van der Waals surface area contributed by atoms with Crippen LogP contribution in [0.15, 0.2) is 54.7 Å². The smallest absolute Gasteiger partial charge is 0.273 e. The Hall–Kier alpha value is -2.99. The normalized spacial score (nSPS) is 15.4. The zero-order chi connectivity index (χ0) is 20.2. The van der Waals surface area contributed by atoms with Crippen molar-refractivity contribution in [1.29, 1.82) is 0 Å². The Bertz CT molecular complexity index is 971. The SMILES string of the molecule is Cc1ccc(-n2cc(C(=O)NC3CCN(Cc4cccc(C)c4)CC3)nn2)cc1. The van der Waals surface area contributed by atoms with E-state index in [1.165, 1.54) is 16.7 Å². The van der Waals surface area contributed by atoms with Crippen molar-refractivity contribution in [3.8, 4) is 5.69 Å². The molecule has 0 saturated carbocycles. The first-order chi connectivity index (χ1) is 14.1. The third-order valence-electron chi connectivity index (χ3n) is 5.44. The van der Waals surface area contributed by atoms with Crippen molar-refractivity contribution in [2.24, 2.45) is 0 Å². The molecule has 1 aliphatic rings. The lowest BCUT2D eigenvalue weighted by molar-refractivity contribution is 0.0904. The van der Waals surface area contributed by atoms with Crippen LogP contribution in [0.25, 0.3) is 5.69 Å². The molecule has 4 rings (SSSR count). The first kappa shape index (κ1) is 19.3. The molecule has 2 aromatic carbocycles. The maximum Gasteiger partial charge on any atom is 0.273 e. The lowest BCUT2D eigenvalue weighted by Gasteiger charge is -2.32. The number of hydrogen-bond acceptors (Lipinski definition) is 4. The van der Waals surface area contributed by atoms with Crippen LogP contribution in [0.2, 0.25) is 0 Å². The minimum Gasteiger partial charge on any atom is -0.348 e. The van der Waals surface area contributed by atoms with Crippen LogP contribution in [-0.4, -0.2) is 44.9 Å². The van der Waals surface area contributed by atoms with E-state index in [0.29, 0.717) is 5.69 Å². The Morgan fingerprint density at radius 2 is 1.83 bits per heavy atom. The van der Waals surface area contributed by atoms with Crippen LogP contribution >= 0.6 is 0 Å². The van der Waals surface area contributed by atoms with E-state index >= 15 is 0 Å². The molecule has 0 aliphatic carbocycles. The number of carbonyl (C=O) groups excluding carboxylic acids is 1. The molecular weight excluding hydrogens is 362 g/mol. The third kappa shape index (κ3) is 4.90. The molecule has 2 heterocycles. The Balaban J connectivity index is 1.29. The summed E-state index contributed by atoms with van der Waals surface area (Å²) in [7, 11) is 0. The monoisotopic (exact) mass is 389 g/mol. The van der Waals surface area contributed by atoms with Crippen LogP contribution in [0.5, 0.6) is 0 Å². The maximum absolute atomic E-state index is 12.6. The summed E-state index contributed by atoms with van der Waals surface area (Å²) in [4.78, 5) is 15.0. The summed E-state index contributed by atoms with van der Waals surface area (Å²) in [5.74, 6) is -0.152. The number of benzene rings is 2. The predicted molar refractivity (Wildman–Crippen MR) is 113 cm³/mol. The maximum atomic E-state index is 12.6. The Kier molecular flexibility index (Phi) is 5.71. The van der Waals surface area contributed by atoms with Gasteiger partial charge in [0.2, 0.25) is 0 Å². The summed E-state index contributed by atoms with van der Waals surface area (Å²) >= 11 is 0. The number of piperidine rings is 1. The highest BCUT2D eigenvalue weighted by Crippen LogP contribution is 2.15. The molecule has 1 aliphatic heterocycles. The van der Waals surface area contributed by atoms with E-state index < -0.39 is 0 Å². The van der Waals surface area contributed by atoms with E-state index in [1.807, 2.05) is 31.2 Å². The van der Waals surface area contributed by atoms with Gasteiger partial charge < -0.3 is 5.32 Å². The zero-order valence-electron chi connectivity index (χ0n) is 17.0. The zero-order valence-corrected chi connectivity index (χ0v) is 17.0. The van der Waals surface area contributed by atoms with Crippen molar-refractivity contribution in [2.75, 3.05) is 13.1 Å². The lowest BCUT2D eigenvalue weighted by Crippen LogP contribution is -2.44. The molecule has 3 aromatic rings. The lowest BCUT2D eigenvalue weighted by atomic mass is 10.0. The van der Waals surface area contributed by atoms with Crippen LogP contribution in [0.4, 0.5) is 0 Å². The van der Waals surface area contributed by atoms with E-state index in [2.05, 4.69) is 51.7 Å². The van der Waals surface area contributed by atoms with Gasteiger partial charge in [0.25, 0.3) is 5.91 Å². The van der Waals surface area contributed by atoms with Crippen molar-refractivity contribution in [2.45, 2.75) is 39.3 Å². The minimum atomic E-state index is -0.152. The standard InChI is InChI=1S/C23H27N5O/c1-17-6-8-21(9-7-17)28-16-22(25-26-28)23(29)24-20-10-12-27(13-11-20)15-19-5-3-4-18(2)14-19/h3-9,14,16,20H,10-13,15H2,1-2H3,(H,24,29).